The van der Waals surface area contributed by atoms with Gasteiger partial charge in [0.1, 0.15) is 34.1 Å². The zero-order valence-corrected chi connectivity index (χ0v) is 33.9. The van der Waals surface area contributed by atoms with Crippen molar-refractivity contribution in [1.82, 2.24) is 0 Å². The molecule has 0 bridgehead atoms. The van der Waals surface area contributed by atoms with Crippen LogP contribution in [0.1, 0.15) is 20.7 Å². The summed E-state index contributed by atoms with van der Waals surface area (Å²) in [7, 11) is 0. The first-order chi connectivity index (χ1) is 29.0. The fourth-order valence-corrected chi connectivity index (χ4v) is 7.28. The van der Waals surface area contributed by atoms with Crippen molar-refractivity contribution in [2.75, 3.05) is 10.6 Å². The minimum absolute atomic E-state index is 0.0424. The van der Waals surface area contributed by atoms with E-state index in [0.29, 0.717) is 54.1 Å². The molecule has 8 rings (SSSR count). The topological polar surface area (TPSA) is 148 Å². The van der Waals surface area contributed by atoms with Gasteiger partial charge in [-0.2, -0.15) is 0 Å². The number of carbonyl (C=O) groups is 2. The molecule has 4 N–H and O–H groups in total. The molecule has 0 saturated heterocycles. The first-order valence-electron chi connectivity index (χ1n) is 18.1. The predicted molar refractivity (Wildman–Crippen MR) is 240 cm³/mol. The van der Waals surface area contributed by atoms with Crippen LogP contribution in [0, 0.1) is 0 Å². The van der Waals surface area contributed by atoms with Gasteiger partial charge in [-0.05, 0) is 82.6 Å². The lowest BCUT2D eigenvalue weighted by Gasteiger charge is -2.14. The van der Waals surface area contributed by atoms with E-state index >= 15 is 0 Å². The molecule has 2 amide bonds. The van der Waals surface area contributed by atoms with E-state index in [0.717, 1.165) is 0 Å². The number of amides is 2. The Hall–Kier alpha value is -6.82. The van der Waals surface area contributed by atoms with Gasteiger partial charge in [0.15, 0.2) is 5.75 Å². The Morgan fingerprint density at radius 3 is 1.48 bits per heavy atom. The second-order valence-electron chi connectivity index (χ2n) is 13.3. The van der Waals surface area contributed by atoms with Gasteiger partial charge in [-0.15, -0.1) is 20.5 Å². The molecular weight excluding hydrogens is 842 g/mol. The molecule has 0 saturated carbocycles. The summed E-state index contributed by atoms with van der Waals surface area (Å²) in [4.78, 5) is 27.5. The highest BCUT2D eigenvalue weighted by Gasteiger charge is 2.23. The Balaban J connectivity index is 1.03. The third-order valence-corrected chi connectivity index (χ3v) is 10.7. The summed E-state index contributed by atoms with van der Waals surface area (Å²) in [5, 5.41) is 48.8. The molecule has 10 nitrogen and oxygen atoms in total. The zero-order valence-electron chi connectivity index (χ0n) is 30.9. The van der Waals surface area contributed by atoms with Crippen LogP contribution in [0.5, 0.6) is 11.5 Å². The van der Waals surface area contributed by atoms with Crippen molar-refractivity contribution in [1.29, 1.82) is 0 Å². The number of nitrogens with one attached hydrogen (secondary N) is 2. The van der Waals surface area contributed by atoms with Crippen LogP contribution in [-0.2, 0) is 0 Å². The summed E-state index contributed by atoms with van der Waals surface area (Å²) < 4.78 is 0. The van der Waals surface area contributed by atoms with E-state index in [2.05, 4.69) is 31.1 Å². The average Bonchev–Trinajstić information content (AvgIpc) is 3.24. The summed E-state index contributed by atoms with van der Waals surface area (Å²) in [6, 6.07) is 41.1. The number of anilines is 2. The van der Waals surface area contributed by atoms with Gasteiger partial charge in [-0.1, -0.05) is 131 Å². The Bertz CT molecular complexity index is 3080. The van der Waals surface area contributed by atoms with Crippen LogP contribution in [0.2, 0.25) is 20.1 Å². The van der Waals surface area contributed by atoms with Crippen LogP contribution >= 0.6 is 46.4 Å². The lowest BCUT2D eigenvalue weighted by Crippen LogP contribution is -2.13. The molecule has 0 heterocycles. The molecule has 0 radical (unpaired) electrons. The molecule has 0 atom stereocenters. The van der Waals surface area contributed by atoms with Gasteiger partial charge in [0.25, 0.3) is 11.8 Å². The second kappa shape index (κ2) is 17.2. The van der Waals surface area contributed by atoms with Crippen molar-refractivity contribution in [2.24, 2.45) is 20.5 Å². The standard InChI is InChI=1S/C46H28Cl4N6O4/c47-32-13-5-7-15-38(32)53-55-42-29-11-3-2-10-28(29)24-40(57)41(42)46(60)52-37-20-18-26(23-35(37)50)25-17-19-36(34(49)22-25)51-45(59)31-21-27-9-1-4-12-30(27)43(44(31)58)56-54-39-16-8-6-14-33(39)48/h1-24,57-58H,(H,51,59)(H,52,60). The molecule has 0 aliphatic rings. The Morgan fingerprint density at radius 2 is 0.933 bits per heavy atom. The lowest BCUT2D eigenvalue weighted by atomic mass is 10.0. The number of halogens is 4. The number of nitrogens with zero attached hydrogens (tertiary/aromatic N) is 4. The summed E-state index contributed by atoms with van der Waals surface area (Å²) in [6.07, 6.45) is 0. The molecule has 0 fully saturated rings. The monoisotopic (exact) mass is 868 g/mol. The first-order valence-corrected chi connectivity index (χ1v) is 19.6. The zero-order chi connectivity index (χ0) is 41.9. The van der Waals surface area contributed by atoms with Crippen molar-refractivity contribution >= 4 is 114 Å². The van der Waals surface area contributed by atoms with Crippen LogP contribution in [0.3, 0.4) is 0 Å². The van der Waals surface area contributed by atoms with Gasteiger partial charge < -0.3 is 20.8 Å². The summed E-state index contributed by atoms with van der Waals surface area (Å²) >= 11 is 26.0. The summed E-state index contributed by atoms with van der Waals surface area (Å²) in [6.45, 7) is 0. The Labute approximate surface area is 362 Å². The molecule has 0 unspecified atom stereocenters. The fraction of sp³-hybridized carbons (Fsp3) is 0. The van der Waals surface area contributed by atoms with E-state index < -0.39 is 11.8 Å². The van der Waals surface area contributed by atoms with Gasteiger partial charge in [0.2, 0.25) is 0 Å². The minimum atomic E-state index is -0.669. The number of fused-ring (bicyclic) bond motifs is 2. The van der Waals surface area contributed by atoms with Crippen LogP contribution < -0.4 is 10.6 Å². The van der Waals surface area contributed by atoms with E-state index in [1.807, 2.05) is 6.07 Å². The smallest absolute Gasteiger partial charge is 0.261 e. The molecule has 0 spiro atoms. The molecule has 0 aliphatic carbocycles. The molecular formula is C46H28Cl4N6O4. The number of phenols is 2. The van der Waals surface area contributed by atoms with E-state index in [9.17, 15) is 19.8 Å². The average molecular weight is 871 g/mol. The first kappa shape index (κ1) is 40.0. The van der Waals surface area contributed by atoms with Crippen molar-refractivity contribution in [3.05, 3.63) is 177 Å². The second-order valence-corrected chi connectivity index (χ2v) is 14.9. The third kappa shape index (κ3) is 8.22. The number of phenolic OH excluding ortho intramolecular Hbond substituents is 2. The van der Waals surface area contributed by atoms with E-state index in [4.69, 9.17) is 46.4 Å². The van der Waals surface area contributed by atoms with Crippen LogP contribution in [0.25, 0.3) is 32.7 Å². The maximum Gasteiger partial charge on any atom is 0.261 e. The molecule has 60 heavy (non-hydrogen) atoms. The minimum Gasteiger partial charge on any atom is -0.507 e. The molecule has 294 valence electrons. The van der Waals surface area contributed by atoms with E-state index in [-0.39, 0.29) is 55.4 Å². The lowest BCUT2D eigenvalue weighted by molar-refractivity contribution is 0.101. The number of carbonyl (C=O) groups excluding carboxylic acids is 2. The van der Waals surface area contributed by atoms with Crippen molar-refractivity contribution < 1.29 is 19.8 Å². The maximum absolute atomic E-state index is 13.8. The fourth-order valence-electron chi connectivity index (χ4n) is 6.47. The third-order valence-electron chi connectivity index (χ3n) is 9.46. The number of aromatic hydroxyl groups is 2. The Morgan fingerprint density at radius 1 is 0.467 bits per heavy atom. The summed E-state index contributed by atoms with van der Waals surface area (Å²) in [5.41, 5.74) is 2.74. The highest BCUT2D eigenvalue weighted by atomic mass is 35.5. The van der Waals surface area contributed by atoms with Gasteiger partial charge in [0, 0.05) is 10.8 Å². The number of hydrogen-bond donors (Lipinski definition) is 4. The van der Waals surface area contributed by atoms with Crippen molar-refractivity contribution in [3.8, 4) is 22.6 Å². The molecule has 0 aliphatic heterocycles. The number of benzene rings is 8. The predicted octanol–water partition coefficient (Wildman–Crippen LogP) is 15.0. The van der Waals surface area contributed by atoms with E-state index in [1.54, 1.807) is 133 Å². The van der Waals surface area contributed by atoms with Gasteiger partial charge in [-0.25, -0.2) is 0 Å². The van der Waals surface area contributed by atoms with Gasteiger partial charge in [-0.3, -0.25) is 9.59 Å². The van der Waals surface area contributed by atoms with Crippen LogP contribution in [-0.4, -0.2) is 22.0 Å². The van der Waals surface area contributed by atoms with Gasteiger partial charge in [0.05, 0.1) is 37.0 Å². The van der Waals surface area contributed by atoms with Gasteiger partial charge >= 0.3 is 0 Å². The summed E-state index contributed by atoms with van der Waals surface area (Å²) in [5.74, 6) is -1.97. The highest BCUT2D eigenvalue weighted by molar-refractivity contribution is 6.35. The van der Waals surface area contributed by atoms with Crippen LogP contribution in [0.15, 0.2) is 166 Å². The number of rotatable bonds is 9. The number of azo groups is 2. The molecule has 8 aromatic rings. The SMILES string of the molecule is O=C(Nc1ccc(-c2ccc(NC(=O)c3c(O)cc4ccccc4c3N=Nc3ccccc3Cl)c(Cl)c2)cc1Cl)c1cc2ccccc2c(N=Nc2ccccc2Cl)c1O. The molecule has 0 aromatic heterocycles. The maximum atomic E-state index is 13.8. The van der Waals surface area contributed by atoms with E-state index in [1.165, 1.54) is 6.07 Å². The van der Waals surface area contributed by atoms with Crippen molar-refractivity contribution in [2.45, 2.75) is 0 Å². The molecule has 14 heteroatoms. The number of hydrogen-bond acceptors (Lipinski definition) is 8. The normalized spacial score (nSPS) is 11.5. The van der Waals surface area contributed by atoms with Crippen LogP contribution in [0.4, 0.5) is 34.1 Å². The van der Waals surface area contributed by atoms with Crippen molar-refractivity contribution in [3.63, 3.8) is 0 Å². The largest absolute Gasteiger partial charge is 0.507 e. The highest BCUT2D eigenvalue weighted by Crippen LogP contribution is 2.42. The quantitative estimate of drug-likeness (QED) is 0.107. The Kier molecular flexibility index (Phi) is 11.5. The molecule has 8 aromatic carbocycles.